The SMILES string of the molecule is O=[S@@](Cc1cncs1)[C@H](c1ccccc1)c1ccc(F)cc1. The Morgan fingerprint density at radius 3 is 2.36 bits per heavy atom. The molecule has 0 saturated carbocycles. The van der Waals surface area contributed by atoms with Crippen LogP contribution in [0.1, 0.15) is 21.3 Å². The molecule has 2 nitrogen and oxygen atoms in total. The highest BCUT2D eigenvalue weighted by Crippen LogP contribution is 2.30. The Balaban J connectivity index is 1.95. The van der Waals surface area contributed by atoms with Crippen molar-refractivity contribution in [1.82, 2.24) is 4.98 Å². The lowest BCUT2D eigenvalue weighted by Crippen LogP contribution is -2.10. The van der Waals surface area contributed by atoms with Crippen LogP contribution in [-0.4, -0.2) is 9.19 Å². The summed E-state index contributed by atoms with van der Waals surface area (Å²) in [6.45, 7) is 0. The molecule has 0 unspecified atom stereocenters. The molecule has 0 saturated heterocycles. The molecular weight excluding hydrogens is 317 g/mol. The summed E-state index contributed by atoms with van der Waals surface area (Å²) in [6, 6.07) is 15.9. The number of halogens is 1. The maximum absolute atomic E-state index is 13.2. The molecule has 2 aromatic carbocycles. The van der Waals surface area contributed by atoms with Gasteiger partial charge in [-0.15, -0.1) is 11.3 Å². The molecule has 3 rings (SSSR count). The number of aromatic nitrogens is 1. The topological polar surface area (TPSA) is 30.0 Å². The van der Waals surface area contributed by atoms with E-state index < -0.39 is 10.8 Å². The van der Waals surface area contributed by atoms with Crippen molar-refractivity contribution in [2.75, 3.05) is 0 Å². The van der Waals surface area contributed by atoms with Crippen molar-refractivity contribution in [2.24, 2.45) is 0 Å². The minimum absolute atomic E-state index is 0.274. The van der Waals surface area contributed by atoms with E-state index in [1.165, 1.54) is 23.5 Å². The van der Waals surface area contributed by atoms with E-state index in [0.29, 0.717) is 5.75 Å². The van der Waals surface area contributed by atoms with E-state index in [4.69, 9.17) is 0 Å². The number of hydrogen-bond donors (Lipinski definition) is 0. The lowest BCUT2D eigenvalue weighted by molar-refractivity contribution is 0.627. The fraction of sp³-hybridized carbons (Fsp3) is 0.118. The van der Waals surface area contributed by atoms with Gasteiger partial charge < -0.3 is 0 Å². The van der Waals surface area contributed by atoms with Crippen LogP contribution in [0.4, 0.5) is 4.39 Å². The Morgan fingerprint density at radius 1 is 1.05 bits per heavy atom. The summed E-state index contributed by atoms with van der Waals surface area (Å²) < 4.78 is 26.1. The molecule has 0 aliphatic rings. The fourth-order valence-corrected chi connectivity index (χ4v) is 4.74. The first-order valence-corrected chi connectivity index (χ1v) is 9.05. The van der Waals surface area contributed by atoms with Gasteiger partial charge in [-0.2, -0.15) is 0 Å². The van der Waals surface area contributed by atoms with E-state index in [9.17, 15) is 8.60 Å². The van der Waals surface area contributed by atoms with Crippen LogP contribution >= 0.6 is 11.3 Å². The molecule has 0 aliphatic heterocycles. The molecule has 1 heterocycles. The van der Waals surface area contributed by atoms with Gasteiger partial charge in [0.1, 0.15) is 5.82 Å². The highest BCUT2D eigenvalue weighted by molar-refractivity contribution is 7.84. The molecule has 0 bridgehead atoms. The van der Waals surface area contributed by atoms with Gasteiger partial charge in [0.25, 0.3) is 0 Å². The quantitative estimate of drug-likeness (QED) is 0.697. The van der Waals surface area contributed by atoms with Crippen LogP contribution in [0.5, 0.6) is 0 Å². The van der Waals surface area contributed by atoms with E-state index >= 15 is 0 Å². The van der Waals surface area contributed by atoms with Gasteiger partial charge in [-0.05, 0) is 23.3 Å². The van der Waals surface area contributed by atoms with Crippen LogP contribution in [0.15, 0.2) is 66.3 Å². The number of nitrogens with zero attached hydrogens (tertiary/aromatic N) is 1. The highest BCUT2D eigenvalue weighted by atomic mass is 32.2. The standard InChI is InChI=1S/C17H14FNOS2/c18-15-8-6-14(7-9-15)17(13-4-2-1-3-5-13)22(20)11-16-10-19-12-21-16/h1-10,12,17H,11H2/t17-,22+/m1/s1. The Kier molecular flexibility index (Phi) is 4.75. The molecule has 22 heavy (non-hydrogen) atoms. The maximum Gasteiger partial charge on any atom is 0.123 e. The summed E-state index contributed by atoms with van der Waals surface area (Å²) in [6.07, 6.45) is 1.75. The molecule has 3 aromatic rings. The predicted molar refractivity (Wildman–Crippen MR) is 88.6 cm³/mol. The zero-order valence-corrected chi connectivity index (χ0v) is 13.3. The summed E-state index contributed by atoms with van der Waals surface area (Å²) in [5, 5.41) is -0.274. The third kappa shape index (κ3) is 3.48. The fourth-order valence-electron chi connectivity index (χ4n) is 2.30. The van der Waals surface area contributed by atoms with E-state index in [0.717, 1.165) is 16.0 Å². The van der Waals surface area contributed by atoms with Crippen molar-refractivity contribution in [2.45, 2.75) is 11.0 Å². The summed E-state index contributed by atoms with van der Waals surface area (Å²) in [7, 11) is -1.15. The monoisotopic (exact) mass is 331 g/mol. The van der Waals surface area contributed by atoms with E-state index in [2.05, 4.69) is 4.98 Å². The molecule has 0 N–H and O–H groups in total. The number of rotatable bonds is 5. The molecule has 0 radical (unpaired) electrons. The van der Waals surface area contributed by atoms with E-state index in [1.807, 2.05) is 30.3 Å². The summed E-state index contributed by atoms with van der Waals surface area (Å²) >= 11 is 1.50. The van der Waals surface area contributed by atoms with Gasteiger partial charge in [-0.3, -0.25) is 9.19 Å². The minimum atomic E-state index is -1.15. The Morgan fingerprint density at radius 2 is 1.73 bits per heavy atom. The molecule has 0 fully saturated rings. The predicted octanol–water partition coefficient (Wildman–Crippen LogP) is 4.32. The van der Waals surface area contributed by atoms with Gasteiger partial charge in [-0.25, -0.2) is 4.39 Å². The van der Waals surface area contributed by atoms with Crippen molar-refractivity contribution in [3.63, 3.8) is 0 Å². The zero-order valence-electron chi connectivity index (χ0n) is 11.7. The van der Waals surface area contributed by atoms with Crippen LogP contribution in [0.2, 0.25) is 0 Å². The van der Waals surface area contributed by atoms with Crippen LogP contribution in [-0.2, 0) is 16.6 Å². The Bertz CT molecular complexity index is 742. The zero-order chi connectivity index (χ0) is 15.4. The van der Waals surface area contributed by atoms with Gasteiger partial charge in [0.2, 0.25) is 0 Å². The first-order valence-electron chi connectivity index (χ1n) is 6.79. The normalized spacial score (nSPS) is 13.7. The Labute approximate surface area is 135 Å². The Hall–Kier alpha value is -1.85. The molecule has 1 aromatic heterocycles. The van der Waals surface area contributed by atoms with Gasteiger partial charge in [0, 0.05) is 21.9 Å². The smallest absolute Gasteiger partial charge is 0.123 e. The molecule has 112 valence electrons. The third-order valence-corrected chi connectivity index (χ3v) is 5.93. The second-order valence-electron chi connectivity index (χ2n) is 4.84. The first-order chi connectivity index (χ1) is 10.7. The summed E-state index contributed by atoms with van der Waals surface area (Å²) in [5.41, 5.74) is 3.56. The largest absolute Gasteiger partial charge is 0.258 e. The van der Waals surface area contributed by atoms with E-state index in [-0.39, 0.29) is 11.1 Å². The summed E-state index contributed by atoms with van der Waals surface area (Å²) in [4.78, 5) is 5.01. The van der Waals surface area contributed by atoms with Crippen molar-refractivity contribution < 1.29 is 8.60 Å². The van der Waals surface area contributed by atoms with Gasteiger partial charge in [0.15, 0.2) is 0 Å². The number of hydrogen-bond acceptors (Lipinski definition) is 3. The van der Waals surface area contributed by atoms with Gasteiger partial charge in [-0.1, -0.05) is 42.5 Å². The average Bonchev–Trinajstić information content (AvgIpc) is 3.03. The molecule has 0 spiro atoms. The highest BCUT2D eigenvalue weighted by Gasteiger charge is 2.21. The maximum atomic E-state index is 13.2. The molecule has 2 atom stereocenters. The lowest BCUT2D eigenvalue weighted by Gasteiger charge is -2.17. The summed E-state index contributed by atoms with van der Waals surface area (Å²) in [5.74, 6) is 0.158. The van der Waals surface area contributed by atoms with Crippen LogP contribution in [0.25, 0.3) is 0 Å². The van der Waals surface area contributed by atoms with Crippen molar-refractivity contribution in [3.8, 4) is 0 Å². The minimum Gasteiger partial charge on any atom is -0.258 e. The van der Waals surface area contributed by atoms with Crippen LogP contribution < -0.4 is 0 Å². The third-order valence-electron chi connectivity index (χ3n) is 3.31. The second kappa shape index (κ2) is 6.94. The van der Waals surface area contributed by atoms with Gasteiger partial charge >= 0.3 is 0 Å². The molecule has 0 amide bonds. The average molecular weight is 331 g/mol. The van der Waals surface area contributed by atoms with Crippen LogP contribution in [0, 0.1) is 5.82 Å². The van der Waals surface area contributed by atoms with Crippen LogP contribution in [0.3, 0.4) is 0 Å². The van der Waals surface area contributed by atoms with Crippen molar-refractivity contribution in [1.29, 1.82) is 0 Å². The molecular formula is C17H14FNOS2. The first kappa shape index (κ1) is 15.1. The molecule has 5 heteroatoms. The number of thiazole rings is 1. The van der Waals surface area contributed by atoms with Crippen molar-refractivity contribution >= 4 is 22.1 Å². The second-order valence-corrected chi connectivity index (χ2v) is 7.33. The van der Waals surface area contributed by atoms with Gasteiger partial charge in [0.05, 0.1) is 16.5 Å². The van der Waals surface area contributed by atoms with Crippen molar-refractivity contribution in [3.05, 3.63) is 88.1 Å². The number of benzene rings is 2. The molecule has 0 aliphatic carbocycles. The van der Waals surface area contributed by atoms with E-state index in [1.54, 1.807) is 23.8 Å². The lowest BCUT2D eigenvalue weighted by atomic mass is 10.0.